The van der Waals surface area contributed by atoms with Gasteiger partial charge < -0.3 is 14.4 Å². The van der Waals surface area contributed by atoms with Crippen LogP contribution in [0.5, 0.6) is 5.75 Å². The van der Waals surface area contributed by atoms with Gasteiger partial charge in [-0.2, -0.15) is 0 Å². The lowest BCUT2D eigenvalue weighted by molar-refractivity contribution is -0.142. The summed E-state index contributed by atoms with van der Waals surface area (Å²) in [6.07, 6.45) is 4.08. The predicted octanol–water partition coefficient (Wildman–Crippen LogP) is 5.29. The minimum Gasteiger partial charge on any atom is -0.497 e. The Balaban J connectivity index is 1.97. The van der Waals surface area contributed by atoms with E-state index in [-0.39, 0.29) is 11.9 Å². The minimum atomic E-state index is -0.213. The van der Waals surface area contributed by atoms with Crippen LogP contribution in [-0.2, 0) is 16.1 Å². The number of hydrogen-bond acceptors (Lipinski definition) is 4. The first-order valence-corrected chi connectivity index (χ1v) is 10.2. The van der Waals surface area contributed by atoms with Gasteiger partial charge in [0, 0.05) is 23.2 Å². The molecule has 4 nitrogen and oxygen atoms in total. The van der Waals surface area contributed by atoms with E-state index in [0.29, 0.717) is 0 Å². The summed E-state index contributed by atoms with van der Waals surface area (Å²) in [5, 5.41) is 0. The summed E-state index contributed by atoms with van der Waals surface area (Å²) in [6, 6.07) is 14.4. The number of fused-ring (bicyclic) bond motifs is 1. The van der Waals surface area contributed by atoms with Gasteiger partial charge in [0.25, 0.3) is 0 Å². The smallest absolute Gasteiger partial charge is 0.313 e. The molecule has 0 N–H and O–H groups in total. The van der Waals surface area contributed by atoms with Crippen LogP contribution in [-0.4, -0.2) is 26.7 Å². The molecule has 0 bridgehead atoms. The first-order chi connectivity index (χ1) is 13.1. The zero-order valence-corrected chi connectivity index (χ0v) is 17.5. The molecule has 0 aliphatic carbocycles. The molecule has 0 amide bonds. The monoisotopic (exact) mass is 431 g/mol. The number of rotatable bonds is 4. The SMILES string of the molecule is COC(=O)C1CCCCCN(Cc2ccc(OC)cc2)c2cc(Br)ccc21. The van der Waals surface area contributed by atoms with Crippen LogP contribution in [0, 0.1) is 0 Å². The number of benzene rings is 2. The van der Waals surface area contributed by atoms with Crippen molar-refractivity contribution in [1.29, 1.82) is 0 Å². The number of anilines is 1. The molecule has 0 radical (unpaired) electrons. The van der Waals surface area contributed by atoms with Crippen LogP contribution in [0.1, 0.15) is 42.7 Å². The number of carbonyl (C=O) groups excluding carboxylic acids is 1. The summed E-state index contributed by atoms with van der Waals surface area (Å²) in [6.45, 7) is 1.75. The molecule has 0 saturated heterocycles. The average molecular weight is 432 g/mol. The highest BCUT2D eigenvalue weighted by Crippen LogP contribution is 2.36. The number of carbonyl (C=O) groups is 1. The first-order valence-electron chi connectivity index (χ1n) is 9.37. The molecule has 2 aromatic rings. The van der Waals surface area contributed by atoms with E-state index in [9.17, 15) is 4.79 Å². The van der Waals surface area contributed by atoms with Crippen LogP contribution in [0.2, 0.25) is 0 Å². The van der Waals surface area contributed by atoms with Gasteiger partial charge in [0.1, 0.15) is 5.75 Å². The standard InChI is InChI=1S/C22H26BrNO3/c1-26-18-10-7-16(8-11-18)15-24-13-5-3-4-6-20(22(25)27-2)19-12-9-17(23)14-21(19)24/h7-12,14,20H,3-6,13,15H2,1-2H3. The molecule has 1 unspecified atom stereocenters. The molecule has 1 atom stereocenters. The van der Waals surface area contributed by atoms with Crippen molar-refractivity contribution in [2.24, 2.45) is 0 Å². The molecule has 0 aromatic heterocycles. The molecular weight excluding hydrogens is 406 g/mol. The number of esters is 1. The third-order valence-corrected chi connectivity index (χ3v) is 5.64. The number of methoxy groups -OCH3 is 2. The Kier molecular flexibility index (Phi) is 6.78. The van der Waals surface area contributed by atoms with E-state index >= 15 is 0 Å². The molecule has 2 aromatic carbocycles. The maximum absolute atomic E-state index is 12.5. The summed E-state index contributed by atoms with van der Waals surface area (Å²) in [4.78, 5) is 14.8. The number of ether oxygens (including phenoxy) is 2. The second-order valence-corrected chi connectivity index (χ2v) is 7.81. The fraction of sp³-hybridized carbons (Fsp3) is 0.409. The summed E-state index contributed by atoms with van der Waals surface area (Å²) in [5.41, 5.74) is 3.38. The molecule has 0 fully saturated rings. The van der Waals surface area contributed by atoms with Gasteiger partial charge in [-0.25, -0.2) is 0 Å². The van der Waals surface area contributed by atoms with Crippen LogP contribution in [0.15, 0.2) is 46.9 Å². The summed E-state index contributed by atoms with van der Waals surface area (Å²) in [7, 11) is 3.15. The minimum absolute atomic E-state index is 0.148. The van der Waals surface area contributed by atoms with E-state index in [1.807, 2.05) is 18.2 Å². The van der Waals surface area contributed by atoms with Gasteiger partial charge >= 0.3 is 5.97 Å². The fourth-order valence-electron chi connectivity index (χ4n) is 3.69. The van der Waals surface area contributed by atoms with Crippen molar-refractivity contribution < 1.29 is 14.3 Å². The van der Waals surface area contributed by atoms with Crippen molar-refractivity contribution in [3.63, 3.8) is 0 Å². The lowest BCUT2D eigenvalue weighted by Gasteiger charge is -2.28. The Hall–Kier alpha value is -2.01. The van der Waals surface area contributed by atoms with Crippen molar-refractivity contribution in [2.45, 2.75) is 38.1 Å². The van der Waals surface area contributed by atoms with Crippen molar-refractivity contribution in [3.05, 3.63) is 58.1 Å². The Labute approximate surface area is 169 Å². The molecule has 0 saturated carbocycles. The highest BCUT2D eigenvalue weighted by atomic mass is 79.9. The summed E-state index contributed by atoms with van der Waals surface area (Å²) >= 11 is 3.60. The molecule has 27 heavy (non-hydrogen) atoms. The molecule has 3 rings (SSSR count). The Morgan fingerprint density at radius 1 is 1.11 bits per heavy atom. The van der Waals surface area contributed by atoms with Crippen LogP contribution in [0.3, 0.4) is 0 Å². The molecule has 1 aliphatic heterocycles. The van der Waals surface area contributed by atoms with Crippen LogP contribution in [0.4, 0.5) is 5.69 Å². The summed E-state index contributed by atoms with van der Waals surface area (Å²) < 4.78 is 11.4. The second-order valence-electron chi connectivity index (χ2n) is 6.90. The largest absolute Gasteiger partial charge is 0.497 e. The van der Waals surface area contributed by atoms with Crippen molar-refractivity contribution >= 4 is 27.6 Å². The highest BCUT2D eigenvalue weighted by Gasteiger charge is 2.27. The molecule has 144 valence electrons. The third-order valence-electron chi connectivity index (χ3n) is 5.15. The van der Waals surface area contributed by atoms with Crippen LogP contribution in [0.25, 0.3) is 0 Å². The Bertz CT molecular complexity index is 776. The Morgan fingerprint density at radius 3 is 2.59 bits per heavy atom. The Morgan fingerprint density at radius 2 is 1.89 bits per heavy atom. The second kappa shape index (κ2) is 9.27. The zero-order chi connectivity index (χ0) is 19.2. The van der Waals surface area contributed by atoms with E-state index in [4.69, 9.17) is 9.47 Å². The third kappa shape index (κ3) is 4.83. The average Bonchev–Trinajstić information content (AvgIpc) is 2.77. The van der Waals surface area contributed by atoms with E-state index in [0.717, 1.165) is 60.2 Å². The van der Waals surface area contributed by atoms with Crippen LogP contribution < -0.4 is 9.64 Å². The highest BCUT2D eigenvalue weighted by molar-refractivity contribution is 9.10. The van der Waals surface area contributed by atoms with E-state index < -0.39 is 0 Å². The molecular formula is C22H26BrNO3. The maximum Gasteiger partial charge on any atom is 0.313 e. The number of halogens is 1. The van der Waals surface area contributed by atoms with Gasteiger partial charge in [-0.15, -0.1) is 0 Å². The van der Waals surface area contributed by atoms with Gasteiger partial charge in [0.2, 0.25) is 0 Å². The van der Waals surface area contributed by atoms with Gasteiger partial charge in [0.15, 0.2) is 0 Å². The van der Waals surface area contributed by atoms with Gasteiger partial charge in [-0.3, -0.25) is 4.79 Å². The lowest BCUT2D eigenvalue weighted by atomic mass is 9.92. The first kappa shape index (κ1) is 19.7. The van der Waals surface area contributed by atoms with E-state index in [2.05, 4.69) is 45.1 Å². The number of nitrogens with zero attached hydrogens (tertiary/aromatic N) is 1. The molecule has 5 heteroatoms. The molecule has 1 aliphatic rings. The van der Waals surface area contributed by atoms with Crippen molar-refractivity contribution in [2.75, 3.05) is 25.7 Å². The maximum atomic E-state index is 12.5. The predicted molar refractivity (Wildman–Crippen MR) is 111 cm³/mol. The fourth-order valence-corrected chi connectivity index (χ4v) is 4.04. The topological polar surface area (TPSA) is 38.8 Å². The quantitative estimate of drug-likeness (QED) is 0.615. The van der Waals surface area contributed by atoms with Crippen molar-refractivity contribution in [1.82, 2.24) is 0 Å². The molecule has 1 heterocycles. The molecule has 0 spiro atoms. The van der Waals surface area contributed by atoms with E-state index in [1.165, 1.54) is 12.7 Å². The van der Waals surface area contributed by atoms with Gasteiger partial charge in [-0.05, 0) is 48.2 Å². The summed E-state index contributed by atoms with van der Waals surface area (Å²) in [5.74, 6) is 0.497. The van der Waals surface area contributed by atoms with E-state index in [1.54, 1.807) is 7.11 Å². The van der Waals surface area contributed by atoms with Gasteiger partial charge in [0.05, 0.1) is 20.1 Å². The van der Waals surface area contributed by atoms with Crippen LogP contribution >= 0.6 is 15.9 Å². The number of hydrogen-bond donors (Lipinski definition) is 0. The lowest BCUT2D eigenvalue weighted by Crippen LogP contribution is -2.26. The van der Waals surface area contributed by atoms with Gasteiger partial charge in [-0.1, -0.05) is 47.0 Å². The zero-order valence-electron chi connectivity index (χ0n) is 15.9. The van der Waals surface area contributed by atoms with Crippen molar-refractivity contribution in [3.8, 4) is 5.75 Å². The normalized spacial score (nSPS) is 17.3.